The molecule has 0 saturated heterocycles. The van der Waals surface area contributed by atoms with Crippen molar-refractivity contribution in [2.75, 3.05) is 0 Å². The van der Waals surface area contributed by atoms with Gasteiger partial charge in [-0.1, -0.05) is 26.2 Å². The number of hydrogen-bond donors (Lipinski definition) is 1. The molecule has 2 aromatic rings. The number of carboxylic acid groups (broad SMARTS) is 1. The third kappa shape index (κ3) is 2.84. The monoisotopic (exact) mass is 274 g/mol. The third-order valence-electron chi connectivity index (χ3n) is 3.78. The predicted octanol–water partition coefficient (Wildman–Crippen LogP) is 4.18. The van der Waals surface area contributed by atoms with Gasteiger partial charge in [-0.3, -0.25) is 0 Å². The molecular formula is C16H22N2O2. The topological polar surface area (TPSA) is 55.1 Å². The molecule has 1 atom stereocenters. The normalized spacial score (nSPS) is 12.8. The van der Waals surface area contributed by atoms with Gasteiger partial charge in [0.15, 0.2) is 0 Å². The lowest BCUT2D eigenvalue weighted by Crippen LogP contribution is -2.07. The average Bonchev–Trinajstić information content (AvgIpc) is 2.73. The SMILES string of the molecule is CCCCCC(C)n1c(C)nc2ccc(C(=O)O)cc21. The van der Waals surface area contributed by atoms with Crippen LogP contribution in [0.2, 0.25) is 0 Å². The number of aromatic nitrogens is 2. The van der Waals surface area contributed by atoms with E-state index in [1.807, 2.05) is 6.92 Å². The lowest BCUT2D eigenvalue weighted by Gasteiger charge is -2.16. The van der Waals surface area contributed by atoms with Crippen LogP contribution in [0.5, 0.6) is 0 Å². The molecular weight excluding hydrogens is 252 g/mol. The van der Waals surface area contributed by atoms with Crippen LogP contribution >= 0.6 is 0 Å². The van der Waals surface area contributed by atoms with E-state index >= 15 is 0 Å². The summed E-state index contributed by atoms with van der Waals surface area (Å²) in [5, 5.41) is 9.12. The van der Waals surface area contributed by atoms with Crippen molar-refractivity contribution >= 4 is 17.0 Å². The summed E-state index contributed by atoms with van der Waals surface area (Å²) in [4.78, 5) is 15.6. The fraction of sp³-hybridized carbons (Fsp3) is 0.500. The molecule has 1 aromatic carbocycles. The quantitative estimate of drug-likeness (QED) is 0.804. The Morgan fingerprint density at radius 3 is 2.80 bits per heavy atom. The van der Waals surface area contributed by atoms with Crippen molar-refractivity contribution in [1.82, 2.24) is 9.55 Å². The summed E-state index contributed by atoms with van der Waals surface area (Å²) >= 11 is 0. The van der Waals surface area contributed by atoms with Crippen molar-refractivity contribution in [2.45, 2.75) is 52.5 Å². The van der Waals surface area contributed by atoms with E-state index in [0.29, 0.717) is 11.6 Å². The molecule has 1 unspecified atom stereocenters. The summed E-state index contributed by atoms with van der Waals surface area (Å²) < 4.78 is 2.16. The lowest BCUT2D eigenvalue weighted by molar-refractivity contribution is 0.0697. The molecule has 0 aliphatic rings. The molecule has 20 heavy (non-hydrogen) atoms. The molecule has 1 heterocycles. The maximum Gasteiger partial charge on any atom is 0.335 e. The molecule has 1 N–H and O–H groups in total. The number of carbonyl (C=O) groups is 1. The summed E-state index contributed by atoms with van der Waals surface area (Å²) in [6.07, 6.45) is 4.72. The van der Waals surface area contributed by atoms with Crippen molar-refractivity contribution in [3.63, 3.8) is 0 Å². The fourth-order valence-corrected chi connectivity index (χ4v) is 2.72. The highest BCUT2D eigenvalue weighted by molar-refractivity contribution is 5.92. The van der Waals surface area contributed by atoms with Crippen LogP contribution in [0, 0.1) is 6.92 Å². The molecule has 0 saturated carbocycles. The van der Waals surface area contributed by atoms with E-state index < -0.39 is 5.97 Å². The van der Waals surface area contributed by atoms with Crippen LogP contribution in [-0.2, 0) is 0 Å². The number of hydrogen-bond acceptors (Lipinski definition) is 2. The maximum atomic E-state index is 11.1. The standard InChI is InChI=1S/C16H22N2O2/c1-4-5-6-7-11(2)18-12(3)17-14-9-8-13(16(19)20)10-15(14)18/h8-11H,4-7H2,1-3H3,(H,19,20). The number of aromatic carboxylic acids is 1. The Morgan fingerprint density at radius 2 is 2.15 bits per heavy atom. The molecule has 0 spiro atoms. The zero-order valence-corrected chi connectivity index (χ0v) is 12.4. The van der Waals surface area contributed by atoms with Gasteiger partial charge in [0.05, 0.1) is 16.6 Å². The van der Waals surface area contributed by atoms with Gasteiger partial charge in [-0.2, -0.15) is 0 Å². The van der Waals surface area contributed by atoms with E-state index in [4.69, 9.17) is 5.11 Å². The number of unbranched alkanes of at least 4 members (excludes halogenated alkanes) is 2. The number of nitrogens with zero attached hydrogens (tertiary/aromatic N) is 2. The number of rotatable bonds is 6. The van der Waals surface area contributed by atoms with Gasteiger partial charge < -0.3 is 9.67 Å². The van der Waals surface area contributed by atoms with Crippen LogP contribution in [0.3, 0.4) is 0 Å². The average molecular weight is 274 g/mol. The third-order valence-corrected chi connectivity index (χ3v) is 3.78. The van der Waals surface area contributed by atoms with Crippen molar-refractivity contribution in [3.8, 4) is 0 Å². The molecule has 0 fully saturated rings. The Bertz CT molecular complexity index is 616. The molecule has 0 aliphatic carbocycles. The zero-order valence-electron chi connectivity index (χ0n) is 12.4. The largest absolute Gasteiger partial charge is 0.478 e. The second-order valence-corrected chi connectivity index (χ2v) is 5.38. The van der Waals surface area contributed by atoms with E-state index in [0.717, 1.165) is 23.3 Å². The molecule has 0 aliphatic heterocycles. The van der Waals surface area contributed by atoms with Crippen LogP contribution in [0.15, 0.2) is 18.2 Å². The summed E-state index contributed by atoms with van der Waals surface area (Å²) in [5.74, 6) is 0.0578. The van der Waals surface area contributed by atoms with Gasteiger partial charge in [-0.05, 0) is 38.5 Å². The highest BCUT2D eigenvalue weighted by Crippen LogP contribution is 2.25. The number of carboxylic acids is 1. The van der Waals surface area contributed by atoms with Crippen molar-refractivity contribution in [2.24, 2.45) is 0 Å². The van der Waals surface area contributed by atoms with Gasteiger partial charge in [-0.15, -0.1) is 0 Å². The molecule has 4 heteroatoms. The van der Waals surface area contributed by atoms with Gasteiger partial charge in [0.2, 0.25) is 0 Å². The van der Waals surface area contributed by atoms with Gasteiger partial charge in [0.1, 0.15) is 5.82 Å². The molecule has 0 radical (unpaired) electrons. The van der Waals surface area contributed by atoms with E-state index in [-0.39, 0.29) is 0 Å². The van der Waals surface area contributed by atoms with Crippen molar-refractivity contribution in [1.29, 1.82) is 0 Å². The second kappa shape index (κ2) is 6.07. The first kappa shape index (κ1) is 14.6. The minimum Gasteiger partial charge on any atom is -0.478 e. The zero-order chi connectivity index (χ0) is 14.7. The van der Waals surface area contributed by atoms with E-state index in [1.165, 1.54) is 19.3 Å². The van der Waals surface area contributed by atoms with Gasteiger partial charge in [0.25, 0.3) is 0 Å². The maximum absolute atomic E-state index is 11.1. The van der Waals surface area contributed by atoms with Gasteiger partial charge >= 0.3 is 5.97 Å². The number of imidazole rings is 1. The van der Waals surface area contributed by atoms with E-state index in [9.17, 15) is 4.79 Å². The Kier molecular flexibility index (Phi) is 4.42. The van der Waals surface area contributed by atoms with Crippen LogP contribution in [0.25, 0.3) is 11.0 Å². The summed E-state index contributed by atoms with van der Waals surface area (Å²) in [6, 6.07) is 5.48. The smallest absolute Gasteiger partial charge is 0.335 e. The highest BCUT2D eigenvalue weighted by atomic mass is 16.4. The van der Waals surface area contributed by atoms with Crippen LogP contribution in [0.1, 0.15) is 61.8 Å². The number of fused-ring (bicyclic) bond motifs is 1. The molecule has 4 nitrogen and oxygen atoms in total. The van der Waals surface area contributed by atoms with Crippen LogP contribution in [0.4, 0.5) is 0 Å². The second-order valence-electron chi connectivity index (χ2n) is 5.38. The lowest BCUT2D eigenvalue weighted by atomic mass is 10.1. The minimum absolute atomic E-state index is 0.319. The first-order chi connectivity index (χ1) is 9.54. The van der Waals surface area contributed by atoms with Crippen LogP contribution in [-0.4, -0.2) is 20.6 Å². The number of aryl methyl sites for hydroxylation is 1. The molecule has 2 rings (SSSR count). The van der Waals surface area contributed by atoms with Crippen LogP contribution < -0.4 is 0 Å². The molecule has 108 valence electrons. The van der Waals surface area contributed by atoms with E-state index in [2.05, 4.69) is 23.4 Å². The molecule has 0 amide bonds. The summed E-state index contributed by atoms with van der Waals surface area (Å²) in [7, 11) is 0. The fourth-order valence-electron chi connectivity index (χ4n) is 2.72. The summed E-state index contributed by atoms with van der Waals surface area (Å²) in [5.41, 5.74) is 2.11. The predicted molar refractivity (Wildman–Crippen MR) is 80.3 cm³/mol. The Balaban J connectivity index is 2.37. The Hall–Kier alpha value is -1.84. The molecule has 0 bridgehead atoms. The molecule has 1 aromatic heterocycles. The minimum atomic E-state index is -0.893. The van der Waals surface area contributed by atoms with Crippen molar-refractivity contribution in [3.05, 3.63) is 29.6 Å². The first-order valence-electron chi connectivity index (χ1n) is 7.26. The first-order valence-corrected chi connectivity index (χ1v) is 7.26. The number of benzene rings is 1. The van der Waals surface area contributed by atoms with Gasteiger partial charge in [-0.25, -0.2) is 9.78 Å². The van der Waals surface area contributed by atoms with E-state index in [1.54, 1.807) is 18.2 Å². The Morgan fingerprint density at radius 1 is 1.40 bits per heavy atom. The van der Waals surface area contributed by atoms with Gasteiger partial charge in [0, 0.05) is 6.04 Å². The van der Waals surface area contributed by atoms with Crippen molar-refractivity contribution < 1.29 is 9.90 Å². The Labute approximate surface area is 119 Å². The highest BCUT2D eigenvalue weighted by Gasteiger charge is 2.15. The summed E-state index contributed by atoms with van der Waals surface area (Å²) in [6.45, 7) is 6.36.